The summed E-state index contributed by atoms with van der Waals surface area (Å²) in [6, 6.07) is 5.95. The minimum atomic E-state index is 0.00507. The third-order valence-electron chi connectivity index (χ3n) is 4.06. The number of aromatic nitrogens is 2. The number of hydrogen-bond acceptors (Lipinski definition) is 2. The molecule has 1 N–H and O–H groups in total. The molecular formula is C17H21N3O. The molecule has 3 rings (SSSR count). The molecule has 0 bridgehead atoms. The number of amides is 1. The molecule has 4 nitrogen and oxygen atoms in total. The summed E-state index contributed by atoms with van der Waals surface area (Å²) < 4.78 is 2.19. The van der Waals surface area contributed by atoms with E-state index in [0.29, 0.717) is 12.5 Å². The fourth-order valence-electron chi connectivity index (χ4n) is 3.12. The monoisotopic (exact) mass is 283 g/mol. The number of carbonyl (C=O) groups is 1. The quantitative estimate of drug-likeness (QED) is 0.941. The Labute approximate surface area is 125 Å². The first-order valence-corrected chi connectivity index (χ1v) is 7.51. The number of imidazole rings is 1. The lowest BCUT2D eigenvalue weighted by molar-refractivity contribution is 0.0949. The number of hydrogen-bond donors (Lipinski definition) is 1. The first-order chi connectivity index (χ1) is 10.1. The van der Waals surface area contributed by atoms with Crippen molar-refractivity contribution in [3.05, 3.63) is 53.1 Å². The van der Waals surface area contributed by atoms with Crippen LogP contribution in [-0.4, -0.2) is 22.0 Å². The number of nitrogens with zero attached hydrogens (tertiary/aromatic N) is 2. The van der Waals surface area contributed by atoms with Gasteiger partial charge in [0.15, 0.2) is 0 Å². The van der Waals surface area contributed by atoms with Crippen LogP contribution in [0.3, 0.4) is 0 Å². The van der Waals surface area contributed by atoms with Crippen molar-refractivity contribution in [2.75, 3.05) is 6.54 Å². The van der Waals surface area contributed by atoms with E-state index in [1.54, 1.807) is 0 Å². The summed E-state index contributed by atoms with van der Waals surface area (Å²) in [5, 5.41) is 3.06. The molecule has 0 radical (unpaired) electrons. The summed E-state index contributed by atoms with van der Waals surface area (Å²) in [5.41, 5.74) is 2.98. The molecule has 110 valence electrons. The summed E-state index contributed by atoms with van der Waals surface area (Å²) in [4.78, 5) is 16.7. The Morgan fingerprint density at radius 3 is 2.86 bits per heavy atom. The van der Waals surface area contributed by atoms with Gasteiger partial charge in [0.2, 0.25) is 0 Å². The number of aryl methyl sites for hydroxylation is 3. The van der Waals surface area contributed by atoms with E-state index in [1.165, 1.54) is 0 Å². The van der Waals surface area contributed by atoms with Crippen LogP contribution >= 0.6 is 0 Å². The van der Waals surface area contributed by atoms with Crippen LogP contribution < -0.4 is 5.32 Å². The Kier molecular flexibility index (Phi) is 3.78. The predicted molar refractivity (Wildman–Crippen MR) is 82.5 cm³/mol. The largest absolute Gasteiger partial charge is 0.351 e. The summed E-state index contributed by atoms with van der Waals surface area (Å²) in [5.74, 6) is 1.43. The van der Waals surface area contributed by atoms with Crippen LogP contribution in [0.4, 0.5) is 0 Å². The van der Waals surface area contributed by atoms with Crippen LogP contribution in [0.1, 0.15) is 46.1 Å². The van der Waals surface area contributed by atoms with Gasteiger partial charge >= 0.3 is 0 Å². The summed E-state index contributed by atoms with van der Waals surface area (Å²) >= 11 is 0. The van der Waals surface area contributed by atoms with Gasteiger partial charge in [0.1, 0.15) is 5.82 Å². The summed E-state index contributed by atoms with van der Waals surface area (Å²) in [7, 11) is 0. The Hall–Kier alpha value is -2.10. The van der Waals surface area contributed by atoms with E-state index in [9.17, 15) is 4.79 Å². The smallest absolute Gasteiger partial charge is 0.251 e. The zero-order valence-corrected chi connectivity index (χ0v) is 12.6. The van der Waals surface area contributed by atoms with Gasteiger partial charge in [-0.15, -0.1) is 0 Å². The molecule has 0 saturated carbocycles. The highest BCUT2D eigenvalue weighted by Crippen LogP contribution is 2.24. The maximum absolute atomic E-state index is 12.3. The molecule has 4 heteroatoms. The van der Waals surface area contributed by atoms with Crippen molar-refractivity contribution in [2.45, 2.75) is 39.2 Å². The number of nitrogens with one attached hydrogen (secondary N) is 1. The number of carbonyl (C=O) groups excluding carboxylic acids is 1. The maximum atomic E-state index is 12.3. The van der Waals surface area contributed by atoms with Crippen LogP contribution in [0.2, 0.25) is 0 Å². The molecule has 0 saturated heterocycles. The van der Waals surface area contributed by atoms with Gasteiger partial charge in [-0.1, -0.05) is 17.2 Å². The molecule has 1 aliphatic rings. The van der Waals surface area contributed by atoms with Gasteiger partial charge in [0, 0.05) is 37.0 Å². The normalized spacial score (nSPS) is 17.3. The highest BCUT2D eigenvalue weighted by atomic mass is 16.1. The number of benzene rings is 1. The van der Waals surface area contributed by atoms with E-state index in [1.807, 2.05) is 38.4 Å². The Morgan fingerprint density at radius 1 is 1.33 bits per heavy atom. The highest BCUT2D eigenvalue weighted by molar-refractivity contribution is 5.94. The van der Waals surface area contributed by atoms with Gasteiger partial charge < -0.3 is 9.88 Å². The second-order valence-corrected chi connectivity index (χ2v) is 5.90. The third-order valence-corrected chi connectivity index (χ3v) is 4.06. The molecule has 1 unspecified atom stereocenters. The summed E-state index contributed by atoms with van der Waals surface area (Å²) in [6.07, 6.45) is 6.10. The molecule has 0 fully saturated rings. The average molecular weight is 283 g/mol. The van der Waals surface area contributed by atoms with E-state index in [2.05, 4.69) is 20.9 Å². The number of fused-ring (bicyclic) bond motifs is 1. The van der Waals surface area contributed by atoms with Crippen LogP contribution in [0.15, 0.2) is 30.6 Å². The average Bonchev–Trinajstić information content (AvgIpc) is 2.92. The molecule has 1 aromatic heterocycles. The predicted octanol–water partition coefficient (Wildman–Crippen LogP) is 2.81. The van der Waals surface area contributed by atoms with Crippen molar-refractivity contribution in [2.24, 2.45) is 0 Å². The van der Waals surface area contributed by atoms with Crippen molar-refractivity contribution in [3.8, 4) is 0 Å². The molecule has 2 aromatic rings. The first kappa shape index (κ1) is 13.9. The second kappa shape index (κ2) is 5.72. The Morgan fingerprint density at radius 2 is 2.10 bits per heavy atom. The molecule has 2 heterocycles. The van der Waals surface area contributed by atoms with E-state index in [-0.39, 0.29) is 5.91 Å². The van der Waals surface area contributed by atoms with Gasteiger partial charge in [-0.2, -0.15) is 0 Å². The van der Waals surface area contributed by atoms with Crippen LogP contribution in [0, 0.1) is 13.8 Å². The fraction of sp³-hybridized carbons (Fsp3) is 0.412. The molecule has 0 aliphatic carbocycles. The standard InChI is InChI=1S/C17H21N3O/c1-12-8-13(2)10-15(9-12)17(21)19-11-14-4-3-6-20-7-5-18-16(14)20/h5,7-10,14H,3-4,6,11H2,1-2H3,(H,19,21). The van der Waals surface area contributed by atoms with Gasteiger partial charge in [0.25, 0.3) is 5.91 Å². The second-order valence-electron chi connectivity index (χ2n) is 5.90. The lowest BCUT2D eigenvalue weighted by atomic mass is 9.98. The van der Waals surface area contributed by atoms with Crippen molar-refractivity contribution < 1.29 is 4.79 Å². The van der Waals surface area contributed by atoms with Crippen molar-refractivity contribution >= 4 is 5.91 Å². The third kappa shape index (κ3) is 2.99. The minimum Gasteiger partial charge on any atom is -0.351 e. The first-order valence-electron chi connectivity index (χ1n) is 7.51. The fourth-order valence-corrected chi connectivity index (χ4v) is 3.12. The minimum absolute atomic E-state index is 0.00507. The molecule has 21 heavy (non-hydrogen) atoms. The topological polar surface area (TPSA) is 46.9 Å². The van der Waals surface area contributed by atoms with Crippen molar-refractivity contribution in [1.29, 1.82) is 0 Å². The molecule has 1 aliphatic heterocycles. The van der Waals surface area contributed by atoms with Crippen LogP contribution in [0.25, 0.3) is 0 Å². The zero-order chi connectivity index (χ0) is 14.8. The Balaban J connectivity index is 1.67. The summed E-state index contributed by atoms with van der Waals surface area (Å²) in [6.45, 7) is 5.73. The van der Waals surface area contributed by atoms with Crippen molar-refractivity contribution in [3.63, 3.8) is 0 Å². The zero-order valence-electron chi connectivity index (χ0n) is 12.6. The SMILES string of the molecule is Cc1cc(C)cc(C(=O)NCC2CCCn3ccnc32)c1. The lowest BCUT2D eigenvalue weighted by Gasteiger charge is -2.23. The van der Waals surface area contributed by atoms with Crippen LogP contribution in [-0.2, 0) is 6.54 Å². The Bertz CT molecular complexity index is 640. The lowest BCUT2D eigenvalue weighted by Crippen LogP contribution is -2.31. The van der Waals surface area contributed by atoms with Gasteiger partial charge in [-0.05, 0) is 38.8 Å². The molecule has 0 spiro atoms. The van der Waals surface area contributed by atoms with E-state index in [0.717, 1.165) is 41.9 Å². The molecule has 1 aromatic carbocycles. The van der Waals surface area contributed by atoms with E-state index < -0.39 is 0 Å². The molecular weight excluding hydrogens is 262 g/mol. The number of rotatable bonds is 3. The van der Waals surface area contributed by atoms with Crippen LogP contribution in [0.5, 0.6) is 0 Å². The maximum Gasteiger partial charge on any atom is 0.251 e. The van der Waals surface area contributed by atoms with Gasteiger partial charge in [-0.25, -0.2) is 4.98 Å². The highest BCUT2D eigenvalue weighted by Gasteiger charge is 2.22. The molecule has 1 atom stereocenters. The van der Waals surface area contributed by atoms with E-state index >= 15 is 0 Å². The van der Waals surface area contributed by atoms with Gasteiger partial charge in [0.05, 0.1) is 0 Å². The van der Waals surface area contributed by atoms with E-state index in [4.69, 9.17) is 0 Å². The molecule has 1 amide bonds. The van der Waals surface area contributed by atoms with Gasteiger partial charge in [-0.3, -0.25) is 4.79 Å². The van der Waals surface area contributed by atoms with Crippen molar-refractivity contribution in [1.82, 2.24) is 14.9 Å².